The van der Waals surface area contributed by atoms with Crippen LogP contribution in [0.4, 0.5) is 0 Å². The number of aliphatic imine (C=N–C) groups is 1. The Kier molecular flexibility index (Phi) is 7.67. The highest BCUT2D eigenvalue weighted by Crippen LogP contribution is 2.37. The van der Waals surface area contributed by atoms with E-state index in [0.29, 0.717) is 29.5 Å². The Morgan fingerprint density at radius 3 is 2.66 bits per heavy atom. The van der Waals surface area contributed by atoms with Crippen LogP contribution in [0.3, 0.4) is 0 Å². The van der Waals surface area contributed by atoms with Crippen molar-refractivity contribution in [3.05, 3.63) is 63.1 Å². The first-order valence-electron chi connectivity index (χ1n) is 9.74. The number of nitrogens with zero attached hydrogens (tertiary/aromatic N) is 3. The van der Waals surface area contributed by atoms with E-state index in [9.17, 15) is 19.8 Å². The number of aliphatic carboxylic acids is 1. The standard InChI is InChI=1S/C11H14N2O5S.C10H10N2O/c1-13-6-4-19-3-5(6)9(16)8(11(13)18)10(17)12-2-7(14)15;1-8-7-11-10(13-12-8)9-5-3-2-4-6-9/h10,12,16-17H,2-4H2,1H3,(H,14,15);2-6H,7H2,1H3. The van der Waals surface area contributed by atoms with Gasteiger partial charge in [0.25, 0.3) is 11.5 Å². The molecule has 32 heavy (non-hydrogen) atoms. The molecule has 2 aromatic rings. The molecule has 0 radical (unpaired) electrons. The van der Waals surface area contributed by atoms with Crippen molar-refractivity contribution in [1.82, 2.24) is 9.88 Å². The van der Waals surface area contributed by atoms with Gasteiger partial charge >= 0.3 is 5.97 Å². The number of aromatic hydroxyl groups is 1. The Labute approximate surface area is 188 Å². The minimum absolute atomic E-state index is 0.204. The van der Waals surface area contributed by atoms with E-state index in [4.69, 9.17) is 9.94 Å². The second kappa shape index (κ2) is 10.4. The molecule has 3 heterocycles. The van der Waals surface area contributed by atoms with Crippen molar-refractivity contribution in [3.8, 4) is 5.75 Å². The molecule has 2 aliphatic rings. The van der Waals surface area contributed by atoms with Gasteiger partial charge in [-0.15, -0.1) is 0 Å². The summed E-state index contributed by atoms with van der Waals surface area (Å²) in [6, 6.07) is 9.77. The summed E-state index contributed by atoms with van der Waals surface area (Å²) in [5.41, 5.74) is 2.51. The number of hydrogen-bond acceptors (Lipinski definition) is 9. The molecular weight excluding hydrogens is 436 g/mol. The first-order chi connectivity index (χ1) is 15.3. The van der Waals surface area contributed by atoms with Gasteiger partial charge in [0.2, 0.25) is 0 Å². The van der Waals surface area contributed by atoms with Gasteiger partial charge in [0.1, 0.15) is 17.5 Å². The molecule has 4 N–H and O–H groups in total. The van der Waals surface area contributed by atoms with E-state index in [-0.39, 0.29) is 11.3 Å². The van der Waals surface area contributed by atoms with Crippen molar-refractivity contribution in [1.29, 1.82) is 0 Å². The van der Waals surface area contributed by atoms with Gasteiger partial charge in [-0.3, -0.25) is 14.9 Å². The van der Waals surface area contributed by atoms with Crippen LogP contribution in [0.2, 0.25) is 0 Å². The highest BCUT2D eigenvalue weighted by Gasteiger charge is 2.27. The molecule has 4 rings (SSSR count). The smallest absolute Gasteiger partial charge is 0.317 e. The molecule has 0 saturated heterocycles. The maximum absolute atomic E-state index is 12.1. The molecule has 0 fully saturated rings. The molecule has 170 valence electrons. The van der Waals surface area contributed by atoms with Crippen LogP contribution in [0.15, 0.2) is 45.3 Å². The van der Waals surface area contributed by atoms with E-state index in [1.54, 1.807) is 18.8 Å². The fraction of sp³-hybridized carbons (Fsp3) is 0.333. The largest absolute Gasteiger partial charge is 0.507 e. The number of benzene rings is 1. The molecule has 1 atom stereocenters. The number of aromatic nitrogens is 1. The van der Waals surface area contributed by atoms with Gasteiger partial charge < -0.3 is 24.7 Å². The Bertz CT molecular complexity index is 1110. The summed E-state index contributed by atoms with van der Waals surface area (Å²) in [5.74, 6) is 0.397. The van der Waals surface area contributed by atoms with E-state index in [1.165, 1.54) is 4.57 Å². The van der Waals surface area contributed by atoms with Crippen LogP contribution in [0, 0.1) is 0 Å². The van der Waals surface area contributed by atoms with Gasteiger partial charge in [-0.2, -0.15) is 11.8 Å². The number of aliphatic hydroxyl groups is 1. The molecular formula is C21H24N4O6S. The normalized spacial score (nSPS) is 15.5. The molecule has 0 bridgehead atoms. The van der Waals surface area contributed by atoms with Crippen LogP contribution in [-0.2, 0) is 28.2 Å². The minimum Gasteiger partial charge on any atom is -0.507 e. The maximum Gasteiger partial charge on any atom is 0.317 e. The first-order valence-corrected chi connectivity index (χ1v) is 10.9. The molecule has 0 amide bonds. The third-order valence-electron chi connectivity index (χ3n) is 4.79. The summed E-state index contributed by atoms with van der Waals surface area (Å²) in [6.45, 7) is 2.02. The quantitative estimate of drug-likeness (QED) is 0.489. The highest BCUT2D eigenvalue weighted by atomic mass is 32.2. The van der Waals surface area contributed by atoms with Gasteiger partial charge in [-0.05, 0) is 19.1 Å². The third-order valence-corrected chi connectivity index (χ3v) is 5.77. The number of thioether (sulfide) groups is 1. The number of pyridine rings is 1. The van der Waals surface area contributed by atoms with Crippen LogP contribution in [-0.4, -0.2) is 50.6 Å². The first kappa shape index (κ1) is 23.5. The zero-order chi connectivity index (χ0) is 23.3. The molecule has 2 aliphatic heterocycles. The molecule has 0 aliphatic carbocycles. The number of hydrogen-bond donors (Lipinski definition) is 4. The third kappa shape index (κ3) is 5.36. The van der Waals surface area contributed by atoms with Crippen molar-refractivity contribution in [2.75, 3.05) is 13.1 Å². The van der Waals surface area contributed by atoms with Gasteiger partial charge in [-0.1, -0.05) is 23.4 Å². The predicted molar refractivity (Wildman–Crippen MR) is 121 cm³/mol. The lowest BCUT2D eigenvalue weighted by molar-refractivity contribution is -0.136. The Morgan fingerprint density at radius 2 is 2.03 bits per heavy atom. The van der Waals surface area contributed by atoms with Crippen LogP contribution >= 0.6 is 11.8 Å². The summed E-state index contributed by atoms with van der Waals surface area (Å²) >= 11 is 1.56. The van der Waals surface area contributed by atoms with Gasteiger partial charge in [0, 0.05) is 35.4 Å². The number of oxime groups is 1. The Balaban J connectivity index is 0.000000193. The van der Waals surface area contributed by atoms with Gasteiger partial charge in [0.05, 0.1) is 18.8 Å². The number of rotatable bonds is 5. The number of fused-ring (bicyclic) bond motifs is 1. The van der Waals surface area contributed by atoms with E-state index in [1.807, 2.05) is 37.3 Å². The summed E-state index contributed by atoms with van der Waals surface area (Å²) in [4.78, 5) is 31.9. The van der Waals surface area contributed by atoms with E-state index >= 15 is 0 Å². The lowest BCUT2D eigenvalue weighted by Gasteiger charge is -2.17. The summed E-state index contributed by atoms with van der Waals surface area (Å²) in [7, 11) is 1.57. The summed E-state index contributed by atoms with van der Waals surface area (Å²) < 4.78 is 1.38. The number of nitrogens with one attached hydrogen (secondary N) is 1. The zero-order valence-electron chi connectivity index (χ0n) is 17.6. The minimum atomic E-state index is -1.51. The summed E-state index contributed by atoms with van der Waals surface area (Å²) in [6.07, 6.45) is -1.51. The molecule has 1 aromatic heterocycles. The molecule has 0 saturated carbocycles. The Hall–Kier alpha value is -3.15. The average Bonchev–Trinajstić information content (AvgIpc) is 3.28. The predicted octanol–water partition coefficient (Wildman–Crippen LogP) is 1.34. The molecule has 1 unspecified atom stereocenters. The van der Waals surface area contributed by atoms with Crippen LogP contribution in [0.1, 0.15) is 35.5 Å². The van der Waals surface area contributed by atoms with Crippen LogP contribution in [0.25, 0.3) is 0 Å². The second-order valence-electron chi connectivity index (χ2n) is 7.13. The van der Waals surface area contributed by atoms with Crippen molar-refractivity contribution in [2.45, 2.75) is 24.7 Å². The number of carboxylic acid groups (broad SMARTS) is 1. The topological polar surface area (TPSA) is 146 Å². The Morgan fingerprint density at radius 1 is 1.31 bits per heavy atom. The number of aliphatic hydroxyl groups excluding tert-OH is 1. The highest BCUT2D eigenvalue weighted by molar-refractivity contribution is 7.98. The van der Waals surface area contributed by atoms with Crippen LogP contribution < -0.4 is 10.9 Å². The van der Waals surface area contributed by atoms with E-state index < -0.39 is 24.3 Å². The lowest BCUT2D eigenvalue weighted by atomic mass is 10.1. The fourth-order valence-electron chi connectivity index (χ4n) is 3.11. The fourth-order valence-corrected chi connectivity index (χ4v) is 4.28. The van der Waals surface area contributed by atoms with Crippen molar-refractivity contribution in [2.24, 2.45) is 17.2 Å². The lowest BCUT2D eigenvalue weighted by Crippen LogP contribution is -2.34. The molecule has 11 heteroatoms. The molecule has 1 aromatic carbocycles. The zero-order valence-corrected chi connectivity index (χ0v) is 18.4. The SMILES string of the molecule is CC1=NOC(c2ccccc2)=NC1.Cn1c2c(c(O)c(C(O)NCC(=O)O)c1=O)CSC2. The second-order valence-corrected chi connectivity index (χ2v) is 8.11. The average molecular weight is 461 g/mol. The van der Waals surface area contributed by atoms with Crippen LogP contribution in [0.5, 0.6) is 5.75 Å². The number of carbonyl (C=O) groups is 1. The van der Waals surface area contributed by atoms with E-state index in [2.05, 4.69) is 15.5 Å². The number of carboxylic acids is 1. The molecule has 10 nitrogen and oxygen atoms in total. The molecule has 0 spiro atoms. The van der Waals surface area contributed by atoms with Gasteiger partial charge in [-0.25, -0.2) is 4.99 Å². The maximum atomic E-state index is 12.1. The monoisotopic (exact) mass is 460 g/mol. The van der Waals surface area contributed by atoms with Crippen molar-refractivity contribution < 1.29 is 25.0 Å². The van der Waals surface area contributed by atoms with Gasteiger partial charge in [0.15, 0.2) is 0 Å². The van der Waals surface area contributed by atoms with Crippen molar-refractivity contribution in [3.63, 3.8) is 0 Å². The van der Waals surface area contributed by atoms with E-state index in [0.717, 1.165) is 17.0 Å². The van der Waals surface area contributed by atoms with Crippen molar-refractivity contribution >= 4 is 29.3 Å². The summed E-state index contributed by atoms with van der Waals surface area (Å²) in [5, 5.41) is 34.6.